The summed E-state index contributed by atoms with van der Waals surface area (Å²) in [6, 6.07) is 14.9. The quantitative estimate of drug-likeness (QED) is 0.606. The molecule has 4 nitrogen and oxygen atoms in total. The molecular formula is C22H26N4S. The molecule has 0 amide bonds. The van der Waals surface area contributed by atoms with Crippen LogP contribution in [0.4, 0.5) is 11.4 Å². The molecule has 0 bridgehead atoms. The molecular weight excluding hydrogens is 352 g/mol. The second-order valence-corrected chi connectivity index (χ2v) is 7.55. The van der Waals surface area contributed by atoms with Crippen molar-refractivity contribution in [3.63, 3.8) is 0 Å². The molecule has 1 heterocycles. The van der Waals surface area contributed by atoms with Gasteiger partial charge in [0.15, 0.2) is 5.11 Å². The van der Waals surface area contributed by atoms with E-state index in [0.29, 0.717) is 5.11 Å². The maximum Gasteiger partial charge on any atom is 0.175 e. The molecule has 3 rings (SSSR count). The van der Waals surface area contributed by atoms with Crippen LogP contribution < -0.4 is 10.6 Å². The summed E-state index contributed by atoms with van der Waals surface area (Å²) < 4.78 is 2.02. The Kier molecular flexibility index (Phi) is 5.61. The van der Waals surface area contributed by atoms with Gasteiger partial charge in [-0.1, -0.05) is 35.9 Å². The van der Waals surface area contributed by atoms with E-state index in [2.05, 4.69) is 85.9 Å². The number of nitrogens with zero attached hydrogens (tertiary/aromatic N) is 2. The summed E-state index contributed by atoms with van der Waals surface area (Å²) in [6.07, 6.45) is 0. The zero-order chi connectivity index (χ0) is 19.6. The lowest BCUT2D eigenvalue weighted by molar-refractivity contribution is 0.659. The summed E-state index contributed by atoms with van der Waals surface area (Å²) in [6.45, 7) is 11.1. The number of hydrogen-bond acceptors (Lipinski definition) is 2. The zero-order valence-corrected chi connectivity index (χ0v) is 17.4. The molecule has 27 heavy (non-hydrogen) atoms. The minimum absolute atomic E-state index is 0.570. The number of anilines is 2. The topological polar surface area (TPSA) is 41.9 Å². The van der Waals surface area contributed by atoms with Crippen molar-refractivity contribution in [2.75, 3.05) is 10.6 Å². The fourth-order valence-electron chi connectivity index (χ4n) is 3.22. The predicted molar refractivity (Wildman–Crippen MR) is 118 cm³/mol. The molecule has 3 aromatic rings. The van der Waals surface area contributed by atoms with Crippen molar-refractivity contribution in [1.29, 1.82) is 0 Å². The number of rotatable bonds is 4. The van der Waals surface area contributed by atoms with E-state index in [9.17, 15) is 0 Å². The molecule has 0 saturated carbocycles. The standard InChI is InChI=1S/C22H26N4S/c1-14-6-8-19(9-7-14)13-26-18(5)21(17(4)25-26)24-22(27)23-20-11-15(2)10-16(3)12-20/h6-12H,13H2,1-5H3,(H2,23,24,27). The number of nitrogens with one attached hydrogen (secondary N) is 2. The first-order valence-corrected chi connectivity index (χ1v) is 9.48. The number of benzene rings is 2. The molecule has 1 aromatic heterocycles. The SMILES string of the molecule is Cc1ccc(Cn2nc(C)c(NC(=S)Nc3cc(C)cc(C)c3)c2C)cc1. The van der Waals surface area contributed by atoms with Crippen molar-refractivity contribution in [3.8, 4) is 0 Å². The van der Waals surface area contributed by atoms with E-state index in [4.69, 9.17) is 12.2 Å². The average Bonchev–Trinajstić information content (AvgIpc) is 2.83. The van der Waals surface area contributed by atoms with E-state index < -0.39 is 0 Å². The minimum Gasteiger partial charge on any atom is -0.332 e. The Bertz CT molecular complexity index is 950. The maximum absolute atomic E-state index is 5.52. The van der Waals surface area contributed by atoms with Crippen LogP contribution in [-0.4, -0.2) is 14.9 Å². The Hall–Kier alpha value is -2.66. The lowest BCUT2D eigenvalue weighted by Crippen LogP contribution is -2.20. The van der Waals surface area contributed by atoms with Gasteiger partial charge < -0.3 is 10.6 Å². The van der Waals surface area contributed by atoms with Crippen LogP contribution in [-0.2, 0) is 6.54 Å². The van der Waals surface area contributed by atoms with Gasteiger partial charge >= 0.3 is 0 Å². The molecule has 0 radical (unpaired) electrons. The molecule has 2 aromatic carbocycles. The van der Waals surface area contributed by atoms with Crippen LogP contribution in [0.25, 0.3) is 0 Å². The molecule has 0 unspecified atom stereocenters. The zero-order valence-electron chi connectivity index (χ0n) is 16.6. The summed E-state index contributed by atoms with van der Waals surface area (Å²) in [5.41, 5.74) is 8.86. The molecule has 0 atom stereocenters. The number of aromatic nitrogens is 2. The van der Waals surface area contributed by atoms with Crippen molar-refractivity contribution < 1.29 is 0 Å². The fourth-order valence-corrected chi connectivity index (χ4v) is 3.44. The normalized spacial score (nSPS) is 10.7. The van der Waals surface area contributed by atoms with Gasteiger partial charge in [0.2, 0.25) is 0 Å². The highest BCUT2D eigenvalue weighted by molar-refractivity contribution is 7.80. The predicted octanol–water partition coefficient (Wildman–Crippen LogP) is 5.28. The summed E-state index contributed by atoms with van der Waals surface area (Å²) in [5.74, 6) is 0. The lowest BCUT2D eigenvalue weighted by atomic mass is 10.1. The first-order valence-electron chi connectivity index (χ1n) is 9.07. The molecule has 5 heteroatoms. The van der Waals surface area contributed by atoms with Crippen LogP contribution in [0.5, 0.6) is 0 Å². The molecule has 2 N–H and O–H groups in total. The van der Waals surface area contributed by atoms with Gasteiger partial charge in [0.05, 0.1) is 23.6 Å². The van der Waals surface area contributed by atoms with Gasteiger partial charge in [-0.25, -0.2) is 0 Å². The lowest BCUT2D eigenvalue weighted by Gasteiger charge is -2.12. The van der Waals surface area contributed by atoms with Crippen LogP contribution in [0.3, 0.4) is 0 Å². The first kappa shape index (κ1) is 19.1. The van der Waals surface area contributed by atoms with Crippen LogP contribution in [0.2, 0.25) is 0 Å². The molecule has 0 aliphatic heterocycles. The third-order valence-corrected chi connectivity index (χ3v) is 4.76. The van der Waals surface area contributed by atoms with Gasteiger partial charge in [-0.05, 0) is 75.7 Å². The Morgan fingerprint density at radius 2 is 1.52 bits per heavy atom. The number of hydrogen-bond donors (Lipinski definition) is 2. The van der Waals surface area contributed by atoms with E-state index in [1.54, 1.807) is 0 Å². The molecule has 140 valence electrons. The van der Waals surface area contributed by atoms with Gasteiger partial charge in [0.1, 0.15) is 0 Å². The van der Waals surface area contributed by atoms with Gasteiger partial charge in [0, 0.05) is 5.69 Å². The van der Waals surface area contributed by atoms with Crippen molar-refractivity contribution in [2.24, 2.45) is 0 Å². The second kappa shape index (κ2) is 7.92. The van der Waals surface area contributed by atoms with E-state index >= 15 is 0 Å². The monoisotopic (exact) mass is 378 g/mol. The molecule has 0 aliphatic rings. The van der Waals surface area contributed by atoms with Crippen molar-refractivity contribution in [1.82, 2.24) is 9.78 Å². The van der Waals surface area contributed by atoms with Crippen LogP contribution in [0, 0.1) is 34.6 Å². The van der Waals surface area contributed by atoms with Gasteiger partial charge in [0.25, 0.3) is 0 Å². The van der Waals surface area contributed by atoms with E-state index in [1.807, 2.05) is 11.6 Å². The van der Waals surface area contributed by atoms with Crippen LogP contribution in [0.15, 0.2) is 42.5 Å². The molecule has 0 fully saturated rings. The molecule has 0 aliphatic carbocycles. The minimum atomic E-state index is 0.570. The van der Waals surface area contributed by atoms with Crippen molar-refractivity contribution >= 4 is 28.7 Å². The second-order valence-electron chi connectivity index (χ2n) is 7.14. The van der Waals surface area contributed by atoms with E-state index in [-0.39, 0.29) is 0 Å². The average molecular weight is 379 g/mol. The highest BCUT2D eigenvalue weighted by Crippen LogP contribution is 2.21. The van der Waals surface area contributed by atoms with Gasteiger partial charge in [-0.15, -0.1) is 0 Å². The number of thiocarbonyl (C=S) groups is 1. The molecule has 0 spiro atoms. The highest BCUT2D eigenvalue weighted by atomic mass is 32.1. The first-order chi connectivity index (χ1) is 12.8. The van der Waals surface area contributed by atoms with E-state index in [0.717, 1.165) is 29.3 Å². The highest BCUT2D eigenvalue weighted by Gasteiger charge is 2.13. The Balaban J connectivity index is 1.74. The fraction of sp³-hybridized carbons (Fsp3) is 0.273. The summed E-state index contributed by atoms with van der Waals surface area (Å²) in [5, 5.41) is 11.8. The van der Waals surface area contributed by atoms with Crippen LogP contribution >= 0.6 is 12.2 Å². The Morgan fingerprint density at radius 3 is 2.15 bits per heavy atom. The van der Waals surface area contributed by atoms with Crippen LogP contribution in [0.1, 0.15) is 33.6 Å². The van der Waals surface area contributed by atoms with Crippen molar-refractivity contribution in [2.45, 2.75) is 41.2 Å². The largest absolute Gasteiger partial charge is 0.332 e. The summed E-state index contributed by atoms with van der Waals surface area (Å²) in [4.78, 5) is 0. The molecule has 0 saturated heterocycles. The smallest absolute Gasteiger partial charge is 0.175 e. The third kappa shape index (κ3) is 4.74. The number of aryl methyl sites for hydroxylation is 4. The van der Waals surface area contributed by atoms with Gasteiger partial charge in [-0.3, -0.25) is 4.68 Å². The van der Waals surface area contributed by atoms with Gasteiger partial charge in [-0.2, -0.15) is 5.10 Å². The maximum atomic E-state index is 5.52. The summed E-state index contributed by atoms with van der Waals surface area (Å²) >= 11 is 5.52. The summed E-state index contributed by atoms with van der Waals surface area (Å²) in [7, 11) is 0. The third-order valence-electron chi connectivity index (χ3n) is 4.55. The Labute approximate surface area is 166 Å². The Morgan fingerprint density at radius 1 is 0.889 bits per heavy atom. The van der Waals surface area contributed by atoms with E-state index in [1.165, 1.54) is 22.3 Å². The van der Waals surface area contributed by atoms with Crippen molar-refractivity contribution in [3.05, 3.63) is 76.1 Å².